The molecule has 0 spiro atoms. The number of ether oxygens (including phenoxy) is 1. The normalized spacial score (nSPS) is 20.0. The molecule has 1 aliphatic carbocycles. The summed E-state index contributed by atoms with van der Waals surface area (Å²) < 4.78 is 35.4. The van der Waals surface area contributed by atoms with Gasteiger partial charge in [-0.15, -0.1) is 0 Å². The molecule has 42 heavy (non-hydrogen) atoms. The Bertz CT molecular complexity index is 1620. The van der Waals surface area contributed by atoms with Crippen LogP contribution in [0.5, 0.6) is 0 Å². The molecule has 0 bridgehead atoms. The zero-order chi connectivity index (χ0) is 29.4. The highest BCUT2D eigenvalue weighted by molar-refractivity contribution is 6.30. The number of hydrogen-bond donors (Lipinski definition) is 2. The van der Waals surface area contributed by atoms with Gasteiger partial charge < -0.3 is 20.1 Å². The molecule has 11 heteroatoms. The number of carbonyl (C=O) groups is 2. The summed E-state index contributed by atoms with van der Waals surface area (Å²) in [7, 11) is 0. The summed E-state index contributed by atoms with van der Waals surface area (Å²) in [6, 6.07) is 18.2. The van der Waals surface area contributed by atoms with Gasteiger partial charge in [-0.3, -0.25) is 9.59 Å². The Hall–Kier alpha value is -4.28. The first kappa shape index (κ1) is 27.9. The van der Waals surface area contributed by atoms with E-state index < -0.39 is 23.8 Å². The smallest absolute Gasteiger partial charge is 0.306 e. The molecule has 1 amide bonds. The minimum atomic E-state index is -0.752. The molecule has 8 nitrogen and oxygen atoms in total. The standard InChI is InChI=1S/C31H27ClF2N4O4/c32-26-10-9-24(15-27(26)34)38-16-25(29(36-38)19-3-5-21(33)6-4-19)30-37(28(39)17-42-30)12-11-18-1-7-22(8-2-18)35-23-13-20(14-23)31(40)41/h1-10,15-16,20,23,30,35H,11-14,17H2,(H,40,41). The van der Waals surface area contributed by atoms with Crippen molar-refractivity contribution in [3.8, 4) is 16.9 Å². The minimum absolute atomic E-state index is 0.0144. The summed E-state index contributed by atoms with van der Waals surface area (Å²) in [6.45, 7) is 0.276. The molecule has 1 atom stereocenters. The number of amides is 1. The second kappa shape index (κ2) is 11.5. The highest BCUT2D eigenvalue weighted by Crippen LogP contribution is 2.36. The third kappa shape index (κ3) is 5.73. The van der Waals surface area contributed by atoms with Crippen LogP contribution in [0, 0.1) is 17.6 Å². The van der Waals surface area contributed by atoms with E-state index >= 15 is 0 Å². The van der Waals surface area contributed by atoms with E-state index in [1.807, 2.05) is 24.3 Å². The topological polar surface area (TPSA) is 96.7 Å². The third-order valence-electron chi connectivity index (χ3n) is 7.72. The molecule has 216 valence electrons. The first-order chi connectivity index (χ1) is 20.2. The van der Waals surface area contributed by atoms with Gasteiger partial charge in [-0.2, -0.15) is 5.10 Å². The zero-order valence-corrected chi connectivity index (χ0v) is 23.1. The molecule has 1 saturated heterocycles. The summed E-state index contributed by atoms with van der Waals surface area (Å²) in [4.78, 5) is 25.6. The van der Waals surface area contributed by atoms with Gasteiger partial charge in [0.05, 0.1) is 16.6 Å². The number of rotatable bonds is 9. The van der Waals surface area contributed by atoms with Gasteiger partial charge in [-0.1, -0.05) is 23.7 Å². The highest BCUT2D eigenvalue weighted by Gasteiger charge is 2.36. The molecule has 4 aromatic rings. The van der Waals surface area contributed by atoms with Crippen molar-refractivity contribution in [2.45, 2.75) is 31.5 Å². The van der Waals surface area contributed by atoms with Crippen LogP contribution >= 0.6 is 11.6 Å². The Morgan fingerprint density at radius 2 is 1.81 bits per heavy atom. The first-order valence-corrected chi connectivity index (χ1v) is 13.9. The predicted molar refractivity (Wildman–Crippen MR) is 152 cm³/mol. The van der Waals surface area contributed by atoms with Crippen molar-refractivity contribution in [3.63, 3.8) is 0 Å². The summed E-state index contributed by atoms with van der Waals surface area (Å²) in [5, 5.41) is 17.1. The lowest BCUT2D eigenvalue weighted by atomic mass is 9.80. The maximum absolute atomic E-state index is 14.3. The highest BCUT2D eigenvalue weighted by atomic mass is 35.5. The molecule has 2 N–H and O–H groups in total. The number of anilines is 1. The second-order valence-electron chi connectivity index (χ2n) is 10.5. The monoisotopic (exact) mass is 592 g/mol. The molecule has 0 radical (unpaired) electrons. The Kier molecular flexibility index (Phi) is 7.66. The lowest BCUT2D eigenvalue weighted by Crippen LogP contribution is -2.39. The van der Waals surface area contributed by atoms with Crippen molar-refractivity contribution in [3.05, 3.63) is 101 Å². The van der Waals surface area contributed by atoms with Gasteiger partial charge in [0, 0.05) is 41.7 Å². The fourth-order valence-corrected chi connectivity index (χ4v) is 5.42. The van der Waals surface area contributed by atoms with Crippen LogP contribution in [-0.4, -0.2) is 50.9 Å². The van der Waals surface area contributed by atoms with E-state index in [0.717, 1.165) is 11.3 Å². The van der Waals surface area contributed by atoms with Crippen molar-refractivity contribution in [1.29, 1.82) is 0 Å². The summed E-state index contributed by atoms with van der Waals surface area (Å²) >= 11 is 5.87. The number of benzene rings is 3. The lowest BCUT2D eigenvalue weighted by Gasteiger charge is -2.33. The van der Waals surface area contributed by atoms with Gasteiger partial charge in [0.25, 0.3) is 5.91 Å². The maximum atomic E-state index is 14.3. The molecule has 6 rings (SSSR count). The predicted octanol–water partition coefficient (Wildman–Crippen LogP) is 5.85. The van der Waals surface area contributed by atoms with Crippen molar-refractivity contribution < 1.29 is 28.2 Å². The van der Waals surface area contributed by atoms with Gasteiger partial charge in [-0.05, 0) is 73.4 Å². The van der Waals surface area contributed by atoms with Crippen molar-refractivity contribution in [2.75, 3.05) is 18.5 Å². The number of carboxylic acid groups (broad SMARTS) is 1. The number of halogens is 3. The van der Waals surface area contributed by atoms with Crippen molar-refractivity contribution >= 4 is 29.2 Å². The fourth-order valence-electron chi connectivity index (χ4n) is 5.30. The molecule has 2 aliphatic rings. The Balaban J connectivity index is 1.21. The van der Waals surface area contributed by atoms with Gasteiger partial charge in [-0.25, -0.2) is 13.5 Å². The number of nitrogens with one attached hydrogen (secondary N) is 1. The van der Waals surface area contributed by atoms with Crippen LogP contribution in [0.3, 0.4) is 0 Å². The quantitative estimate of drug-likeness (QED) is 0.253. The third-order valence-corrected chi connectivity index (χ3v) is 8.02. The van der Waals surface area contributed by atoms with Gasteiger partial charge in [0.1, 0.15) is 23.9 Å². The van der Waals surface area contributed by atoms with Gasteiger partial charge in [0.2, 0.25) is 0 Å². The molecule has 1 aliphatic heterocycles. The Morgan fingerprint density at radius 1 is 1.07 bits per heavy atom. The van der Waals surface area contributed by atoms with Crippen LogP contribution in [0.25, 0.3) is 16.9 Å². The number of nitrogens with zero attached hydrogens (tertiary/aromatic N) is 3. The van der Waals surface area contributed by atoms with Crippen molar-refractivity contribution in [1.82, 2.24) is 14.7 Å². The van der Waals surface area contributed by atoms with E-state index in [2.05, 4.69) is 10.4 Å². The van der Waals surface area contributed by atoms with Crippen LogP contribution in [0.1, 0.15) is 30.2 Å². The fraction of sp³-hybridized carbons (Fsp3) is 0.258. The van der Waals surface area contributed by atoms with E-state index in [1.54, 1.807) is 29.3 Å². The number of aromatic nitrogens is 2. The largest absolute Gasteiger partial charge is 0.481 e. The number of aliphatic carboxylic acids is 1. The Labute approximate surface area is 245 Å². The molecule has 1 unspecified atom stereocenters. The molecular formula is C31H27ClF2N4O4. The van der Waals surface area contributed by atoms with E-state index in [1.165, 1.54) is 28.9 Å². The summed E-state index contributed by atoms with van der Waals surface area (Å²) in [6.07, 6.45) is 2.73. The minimum Gasteiger partial charge on any atom is -0.481 e. The summed E-state index contributed by atoms with van der Waals surface area (Å²) in [5.74, 6) is -2.20. The van der Waals surface area contributed by atoms with E-state index in [0.29, 0.717) is 48.3 Å². The average molecular weight is 593 g/mol. The van der Waals surface area contributed by atoms with Crippen LogP contribution < -0.4 is 5.32 Å². The molecule has 1 saturated carbocycles. The van der Waals surface area contributed by atoms with Gasteiger partial charge >= 0.3 is 5.97 Å². The molecule has 1 aromatic heterocycles. The number of carbonyl (C=O) groups excluding carboxylic acids is 1. The second-order valence-corrected chi connectivity index (χ2v) is 10.9. The summed E-state index contributed by atoms with van der Waals surface area (Å²) in [5.41, 5.74) is 4.04. The molecular weight excluding hydrogens is 566 g/mol. The van der Waals surface area contributed by atoms with E-state index in [-0.39, 0.29) is 29.5 Å². The van der Waals surface area contributed by atoms with Crippen LogP contribution in [0.2, 0.25) is 5.02 Å². The van der Waals surface area contributed by atoms with Crippen LogP contribution in [0.15, 0.2) is 72.9 Å². The average Bonchev–Trinajstić information content (AvgIpc) is 3.55. The molecule has 2 heterocycles. The van der Waals surface area contributed by atoms with E-state index in [4.69, 9.17) is 21.4 Å². The molecule has 3 aromatic carbocycles. The number of carboxylic acids is 1. The molecule has 2 fully saturated rings. The van der Waals surface area contributed by atoms with Gasteiger partial charge in [0.15, 0.2) is 6.23 Å². The number of hydrogen-bond acceptors (Lipinski definition) is 5. The maximum Gasteiger partial charge on any atom is 0.306 e. The SMILES string of the molecule is O=C(O)C1CC(Nc2ccc(CCN3C(=O)COC3c3cn(-c4ccc(Cl)c(F)c4)nc3-c3ccc(F)cc3)cc2)C1. The zero-order valence-electron chi connectivity index (χ0n) is 22.3. The van der Waals surface area contributed by atoms with Crippen LogP contribution in [-0.2, 0) is 20.7 Å². The van der Waals surface area contributed by atoms with Crippen molar-refractivity contribution in [2.24, 2.45) is 5.92 Å². The van der Waals surface area contributed by atoms with E-state index in [9.17, 15) is 18.4 Å². The lowest BCUT2D eigenvalue weighted by molar-refractivity contribution is -0.144. The Morgan fingerprint density at radius 3 is 2.50 bits per heavy atom. The van der Waals surface area contributed by atoms with Crippen LogP contribution in [0.4, 0.5) is 14.5 Å². The first-order valence-electron chi connectivity index (χ1n) is 13.6.